The Labute approximate surface area is 179 Å². The van der Waals surface area contributed by atoms with Crippen molar-refractivity contribution >= 4 is 17.5 Å². The van der Waals surface area contributed by atoms with Gasteiger partial charge in [0.2, 0.25) is 11.8 Å². The van der Waals surface area contributed by atoms with Crippen LogP contribution in [0.3, 0.4) is 0 Å². The number of carbonyl (C=O) groups is 2. The lowest BCUT2D eigenvalue weighted by Crippen LogP contribution is -2.52. The zero-order chi connectivity index (χ0) is 21.5. The summed E-state index contributed by atoms with van der Waals surface area (Å²) >= 11 is 0. The molecule has 0 unspecified atom stereocenters. The van der Waals surface area contributed by atoms with E-state index in [1.54, 1.807) is 0 Å². The lowest BCUT2D eigenvalue weighted by Gasteiger charge is -2.34. The maximum absolute atomic E-state index is 12.5. The van der Waals surface area contributed by atoms with Crippen molar-refractivity contribution in [3.05, 3.63) is 65.2 Å². The fourth-order valence-electron chi connectivity index (χ4n) is 3.76. The Morgan fingerprint density at radius 2 is 1.57 bits per heavy atom. The number of aryl methyl sites for hydroxylation is 2. The van der Waals surface area contributed by atoms with Crippen LogP contribution >= 0.6 is 0 Å². The van der Waals surface area contributed by atoms with Crippen LogP contribution in [0.1, 0.15) is 29.7 Å². The minimum absolute atomic E-state index is 0.00877. The molecule has 1 aliphatic heterocycles. The molecule has 1 saturated heterocycles. The quantitative estimate of drug-likeness (QED) is 0.739. The number of rotatable bonds is 7. The first kappa shape index (κ1) is 22.0. The van der Waals surface area contributed by atoms with Crippen LogP contribution in [0, 0.1) is 13.8 Å². The van der Waals surface area contributed by atoms with E-state index in [0.717, 1.165) is 16.8 Å². The molecule has 0 aliphatic carbocycles. The molecule has 160 valence electrons. The standard InChI is InChI=1S/C24H32N4O2/c1-18-8-7-9-19(2)24(18)26-22(29)17-27-12-14-28(15-13-27)23(30)16-25-20(3)21-10-5-4-6-11-21/h4-11,20,25H,12-17H2,1-3H3,(H,26,29)/t20-/m0/s1. The van der Waals surface area contributed by atoms with Crippen molar-refractivity contribution in [2.24, 2.45) is 0 Å². The van der Waals surface area contributed by atoms with Gasteiger partial charge in [0, 0.05) is 37.9 Å². The van der Waals surface area contributed by atoms with Gasteiger partial charge in [0.15, 0.2) is 0 Å². The molecule has 1 aliphatic rings. The van der Waals surface area contributed by atoms with E-state index in [4.69, 9.17) is 0 Å². The maximum atomic E-state index is 12.5. The van der Waals surface area contributed by atoms with Gasteiger partial charge in [0.05, 0.1) is 13.1 Å². The van der Waals surface area contributed by atoms with Crippen LogP contribution in [0.2, 0.25) is 0 Å². The first-order valence-electron chi connectivity index (χ1n) is 10.6. The first-order valence-corrected chi connectivity index (χ1v) is 10.6. The minimum Gasteiger partial charge on any atom is -0.339 e. The van der Waals surface area contributed by atoms with Gasteiger partial charge in [-0.15, -0.1) is 0 Å². The molecule has 1 atom stereocenters. The van der Waals surface area contributed by atoms with Crippen molar-refractivity contribution in [3.63, 3.8) is 0 Å². The first-order chi connectivity index (χ1) is 14.4. The lowest BCUT2D eigenvalue weighted by atomic mass is 10.1. The molecule has 2 amide bonds. The van der Waals surface area contributed by atoms with Gasteiger partial charge < -0.3 is 15.5 Å². The van der Waals surface area contributed by atoms with Crippen molar-refractivity contribution in [2.75, 3.05) is 44.6 Å². The molecule has 6 nitrogen and oxygen atoms in total. The summed E-state index contributed by atoms with van der Waals surface area (Å²) in [6.45, 7) is 9.45. The fourth-order valence-corrected chi connectivity index (χ4v) is 3.76. The van der Waals surface area contributed by atoms with E-state index < -0.39 is 0 Å². The molecule has 2 N–H and O–H groups in total. The Morgan fingerprint density at radius 1 is 0.933 bits per heavy atom. The number of para-hydroxylation sites is 1. The van der Waals surface area contributed by atoms with Crippen molar-refractivity contribution in [2.45, 2.75) is 26.8 Å². The number of hydrogen-bond donors (Lipinski definition) is 2. The number of benzene rings is 2. The third kappa shape index (κ3) is 5.90. The van der Waals surface area contributed by atoms with Crippen molar-refractivity contribution < 1.29 is 9.59 Å². The normalized spacial score (nSPS) is 15.6. The van der Waals surface area contributed by atoms with E-state index in [2.05, 4.69) is 34.6 Å². The third-order valence-corrected chi connectivity index (χ3v) is 5.70. The van der Waals surface area contributed by atoms with E-state index in [9.17, 15) is 9.59 Å². The van der Waals surface area contributed by atoms with Crippen molar-refractivity contribution in [1.29, 1.82) is 0 Å². The van der Waals surface area contributed by atoms with Crippen molar-refractivity contribution in [1.82, 2.24) is 15.1 Å². The SMILES string of the molecule is Cc1cccc(C)c1NC(=O)CN1CCN(C(=O)CN[C@@H](C)c2ccccc2)CC1. The highest BCUT2D eigenvalue weighted by molar-refractivity contribution is 5.93. The monoisotopic (exact) mass is 408 g/mol. The van der Waals surface area contributed by atoms with Crippen molar-refractivity contribution in [3.8, 4) is 0 Å². The summed E-state index contributed by atoms with van der Waals surface area (Å²) in [5, 5.41) is 6.35. The number of hydrogen-bond acceptors (Lipinski definition) is 4. The van der Waals surface area contributed by atoms with Gasteiger partial charge in [-0.1, -0.05) is 48.5 Å². The Hall–Kier alpha value is -2.70. The van der Waals surface area contributed by atoms with Crippen LogP contribution in [-0.2, 0) is 9.59 Å². The lowest BCUT2D eigenvalue weighted by molar-refractivity contribution is -0.132. The summed E-state index contributed by atoms with van der Waals surface area (Å²) in [6.07, 6.45) is 0. The highest BCUT2D eigenvalue weighted by Crippen LogP contribution is 2.19. The third-order valence-electron chi connectivity index (χ3n) is 5.70. The molecule has 0 radical (unpaired) electrons. The van der Waals surface area contributed by atoms with Gasteiger partial charge in [-0.3, -0.25) is 14.5 Å². The largest absolute Gasteiger partial charge is 0.339 e. The Kier molecular flexibility index (Phi) is 7.60. The number of piperazine rings is 1. The summed E-state index contributed by atoms with van der Waals surface area (Å²) in [5.74, 6) is 0.1000. The zero-order valence-corrected chi connectivity index (χ0v) is 18.1. The van der Waals surface area contributed by atoms with Gasteiger partial charge in [-0.25, -0.2) is 0 Å². The van der Waals surface area contributed by atoms with E-state index in [1.165, 1.54) is 5.56 Å². The topological polar surface area (TPSA) is 64.7 Å². The molecule has 2 aromatic carbocycles. The van der Waals surface area contributed by atoms with Crippen LogP contribution in [-0.4, -0.2) is 60.9 Å². The fraction of sp³-hybridized carbons (Fsp3) is 0.417. The van der Waals surface area contributed by atoms with Gasteiger partial charge >= 0.3 is 0 Å². The second-order valence-corrected chi connectivity index (χ2v) is 7.99. The molecule has 0 aromatic heterocycles. The van der Waals surface area contributed by atoms with Crippen LogP contribution in [0.15, 0.2) is 48.5 Å². The summed E-state index contributed by atoms with van der Waals surface area (Å²) < 4.78 is 0. The highest BCUT2D eigenvalue weighted by atomic mass is 16.2. The second kappa shape index (κ2) is 10.4. The van der Waals surface area contributed by atoms with Crippen LogP contribution in [0.25, 0.3) is 0 Å². The molecule has 6 heteroatoms. The molecule has 0 saturated carbocycles. The molecular weight excluding hydrogens is 376 g/mol. The van der Waals surface area contributed by atoms with Gasteiger partial charge in [-0.05, 0) is 37.5 Å². The number of carbonyl (C=O) groups excluding carboxylic acids is 2. The highest BCUT2D eigenvalue weighted by Gasteiger charge is 2.23. The Bertz CT molecular complexity index is 841. The summed E-state index contributed by atoms with van der Waals surface area (Å²) in [6, 6.07) is 16.2. The van der Waals surface area contributed by atoms with E-state index >= 15 is 0 Å². The molecule has 1 fully saturated rings. The number of anilines is 1. The second-order valence-electron chi connectivity index (χ2n) is 7.99. The van der Waals surface area contributed by atoms with Crippen LogP contribution in [0.4, 0.5) is 5.69 Å². The van der Waals surface area contributed by atoms with Crippen LogP contribution in [0.5, 0.6) is 0 Å². The smallest absolute Gasteiger partial charge is 0.238 e. The number of nitrogens with zero attached hydrogens (tertiary/aromatic N) is 2. The van der Waals surface area contributed by atoms with Gasteiger partial charge in [0.25, 0.3) is 0 Å². The summed E-state index contributed by atoms with van der Waals surface area (Å²) in [4.78, 5) is 29.0. The molecule has 1 heterocycles. The minimum atomic E-state index is -0.00877. The van der Waals surface area contributed by atoms with E-state index in [-0.39, 0.29) is 17.9 Å². The predicted molar refractivity (Wildman–Crippen MR) is 120 cm³/mol. The Morgan fingerprint density at radius 3 is 2.20 bits per heavy atom. The van der Waals surface area contributed by atoms with Gasteiger partial charge in [0.1, 0.15) is 0 Å². The number of amides is 2. The van der Waals surface area contributed by atoms with Gasteiger partial charge in [-0.2, -0.15) is 0 Å². The zero-order valence-electron chi connectivity index (χ0n) is 18.1. The Balaban J connectivity index is 1.41. The molecule has 30 heavy (non-hydrogen) atoms. The summed E-state index contributed by atoms with van der Waals surface area (Å²) in [5.41, 5.74) is 4.20. The predicted octanol–water partition coefficient (Wildman–Crippen LogP) is 2.74. The maximum Gasteiger partial charge on any atom is 0.238 e. The number of nitrogens with one attached hydrogen (secondary N) is 2. The molecule has 2 aromatic rings. The average Bonchev–Trinajstić information content (AvgIpc) is 2.75. The van der Waals surface area contributed by atoms with E-state index in [0.29, 0.717) is 39.3 Å². The molecule has 0 spiro atoms. The average molecular weight is 409 g/mol. The summed E-state index contributed by atoms with van der Waals surface area (Å²) in [7, 11) is 0. The molecule has 3 rings (SSSR count). The molecular formula is C24H32N4O2. The van der Waals surface area contributed by atoms with Crippen LogP contribution < -0.4 is 10.6 Å². The van der Waals surface area contributed by atoms with E-state index in [1.807, 2.05) is 55.1 Å². The molecule has 0 bridgehead atoms.